The molecule has 1 N–H and O–H groups in total. The van der Waals surface area contributed by atoms with Gasteiger partial charge in [-0.3, -0.25) is 9.59 Å². The molecule has 3 heteroatoms. The number of hydrogen-bond donors (Lipinski definition) is 1. The van der Waals surface area contributed by atoms with Gasteiger partial charge >= 0.3 is 0 Å². The third-order valence-electron chi connectivity index (χ3n) is 3.56. The van der Waals surface area contributed by atoms with Gasteiger partial charge in [0.2, 0.25) is 0 Å². The highest BCUT2D eigenvalue weighted by Gasteiger charge is 2.23. The van der Waals surface area contributed by atoms with Crippen molar-refractivity contribution in [3.8, 4) is 0 Å². The zero-order valence-corrected chi connectivity index (χ0v) is 11.4. The summed E-state index contributed by atoms with van der Waals surface area (Å²) in [5.41, 5.74) is 0.777. The van der Waals surface area contributed by atoms with Gasteiger partial charge in [0.1, 0.15) is 5.78 Å². The molecule has 1 aliphatic rings. The maximum atomic E-state index is 11.2. The molecule has 0 aromatic heterocycles. The van der Waals surface area contributed by atoms with E-state index in [2.05, 4.69) is 11.9 Å². The van der Waals surface area contributed by atoms with Crippen molar-refractivity contribution in [2.45, 2.75) is 39.5 Å². The predicted molar refractivity (Wildman–Crippen MR) is 73.1 cm³/mol. The molecule has 3 nitrogen and oxygen atoms in total. The largest absolute Gasteiger partial charge is 0.385 e. The average Bonchev–Trinajstić information content (AvgIpc) is 2.34. The molecule has 0 radical (unpaired) electrons. The number of ketones is 2. The Labute approximate surface area is 109 Å². The number of Topliss-reactive ketones (excluding diaryl/α,β-unsaturated/α-hetero) is 1. The van der Waals surface area contributed by atoms with Crippen LogP contribution in [0.15, 0.2) is 24.4 Å². The minimum Gasteiger partial charge on any atom is -0.385 e. The second-order valence-corrected chi connectivity index (χ2v) is 5.18. The molecule has 1 aliphatic carbocycles. The summed E-state index contributed by atoms with van der Waals surface area (Å²) in [5, 5.41) is 3.23. The van der Waals surface area contributed by atoms with Gasteiger partial charge in [0.25, 0.3) is 0 Å². The Balaban J connectivity index is 2.23. The quantitative estimate of drug-likeness (QED) is 0.581. The normalized spacial score (nSPS) is 23.9. The van der Waals surface area contributed by atoms with Crippen LogP contribution in [-0.4, -0.2) is 18.1 Å². The molecule has 0 amide bonds. The van der Waals surface area contributed by atoms with Gasteiger partial charge in [-0.25, -0.2) is 0 Å². The number of nitrogens with one attached hydrogen (secondary N) is 1. The van der Waals surface area contributed by atoms with E-state index in [1.54, 1.807) is 13.0 Å². The molecule has 100 valence electrons. The summed E-state index contributed by atoms with van der Waals surface area (Å²) < 4.78 is 0. The van der Waals surface area contributed by atoms with Gasteiger partial charge in [-0.15, -0.1) is 0 Å². The van der Waals surface area contributed by atoms with E-state index in [0.29, 0.717) is 11.7 Å². The fourth-order valence-corrected chi connectivity index (χ4v) is 2.33. The molecule has 0 heterocycles. The molecule has 1 fully saturated rings. The van der Waals surface area contributed by atoms with Gasteiger partial charge in [-0.05, 0) is 57.6 Å². The molecule has 0 aliphatic heterocycles. The van der Waals surface area contributed by atoms with Gasteiger partial charge in [-0.1, -0.05) is 6.58 Å². The summed E-state index contributed by atoms with van der Waals surface area (Å²) >= 11 is 0. The zero-order valence-electron chi connectivity index (χ0n) is 11.4. The Kier molecular flexibility index (Phi) is 5.83. The lowest BCUT2D eigenvalue weighted by Crippen LogP contribution is -2.27. The second-order valence-electron chi connectivity index (χ2n) is 5.18. The third kappa shape index (κ3) is 5.30. The van der Waals surface area contributed by atoms with Gasteiger partial charge in [0.05, 0.1) is 0 Å². The average molecular weight is 249 g/mol. The summed E-state index contributed by atoms with van der Waals surface area (Å²) in [6.07, 6.45) is 7.45. The van der Waals surface area contributed by atoms with Crippen LogP contribution in [0.2, 0.25) is 0 Å². The first kappa shape index (κ1) is 14.7. The summed E-state index contributed by atoms with van der Waals surface area (Å²) in [5.74, 6) is 1.25. The molecule has 0 saturated heterocycles. The molecule has 0 spiro atoms. The van der Waals surface area contributed by atoms with Crippen LogP contribution >= 0.6 is 0 Å². The van der Waals surface area contributed by atoms with E-state index in [-0.39, 0.29) is 11.7 Å². The zero-order chi connectivity index (χ0) is 13.5. The van der Waals surface area contributed by atoms with Crippen LogP contribution in [-0.2, 0) is 9.59 Å². The van der Waals surface area contributed by atoms with Crippen molar-refractivity contribution in [1.29, 1.82) is 0 Å². The Morgan fingerprint density at radius 3 is 2.28 bits per heavy atom. The highest BCUT2D eigenvalue weighted by Crippen LogP contribution is 2.28. The predicted octanol–water partition coefficient (Wildman–Crippen LogP) is 2.63. The molecule has 0 aromatic carbocycles. The monoisotopic (exact) mass is 249 g/mol. The molecule has 18 heavy (non-hydrogen) atoms. The first-order valence-corrected chi connectivity index (χ1v) is 6.61. The molecular weight excluding hydrogens is 226 g/mol. The fraction of sp³-hybridized carbons (Fsp3) is 0.600. The van der Waals surface area contributed by atoms with E-state index in [1.165, 1.54) is 13.0 Å². The number of carbonyl (C=O) groups excluding carboxylic acids is 2. The standard InChI is InChI=1S/C15H23NO2/c1-11(4-5-12(2)17)16-10-14-6-8-15(9-7-14)13(3)18/h4-5,14-16H,1,6-10H2,2-3H3/b5-4-/t14-,15-. The number of allylic oxidation sites excluding steroid dienone is 2. The molecule has 0 bridgehead atoms. The van der Waals surface area contributed by atoms with E-state index >= 15 is 0 Å². The van der Waals surface area contributed by atoms with Gasteiger partial charge in [-0.2, -0.15) is 0 Å². The number of carbonyl (C=O) groups is 2. The Morgan fingerprint density at radius 2 is 1.78 bits per heavy atom. The van der Waals surface area contributed by atoms with E-state index in [9.17, 15) is 9.59 Å². The highest BCUT2D eigenvalue weighted by atomic mass is 16.1. The van der Waals surface area contributed by atoms with E-state index in [0.717, 1.165) is 37.9 Å². The Bertz CT molecular complexity index is 350. The Morgan fingerprint density at radius 1 is 1.17 bits per heavy atom. The fourth-order valence-electron chi connectivity index (χ4n) is 2.33. The molecule has 0 atom stereocenters. The molecular formula is C15H23NO2. The van der Waals surface area contributed by atoms with Crippen LogP contribution in [0, 0.1) is 11.8 Å². The van der Waals surface area contributed by atoms with E-state index in [1.807, 2.05) is 0 Å². The van der Waals surface area contributed by atoms with Crippen molar-refractivity contribution < 1.29 is 9.59 Å². The molecule has 1 saturated carbocycles. The van der Waals surface area contributed by atoms with Crippen molar-refractivity contribution in [3.05, 3.63) is 24.4 Å². The van der Waals surface area contributed by atoms with Crippen molar-refractivity contribution in [2.24, 2.45) is 11.8 Å². The van der Waals surface area contributed by atoms with Crippen LogP contribution in [0.3, 0.4) is 0 Å². The van der Waals surface area contributed by atoms with Crippen molar-refractivity contribution in [1.82, 2.24) is 5.32 Å². The smallest absolute Gasteiger partial charge is 0.152 e. The second kappa shape index (κ2) is 7.14. The first-order chi connectivity index (χ1) is 8.49. The topological polar surface area (TPSA) is 46.2 Å². The highest BCUT2D eigenvalue weighted by molar-refractivity contribution is 5.87. The van der Waals surface area contributed by atoms with Crippen LogP contribution in [0.1, 0.15) is 39.5 Å². The summed E-state index contributed by atoms with van der Waals surface area (Å²) in [7, 11) is 0. The van der Waals surface area contributed by atoms with Gasteiger partial charge in [0.15, 0.2) is 5.78 Å². The summed E-state index contributed by atoms with van der Waals surface area (Å²) in [6.45, 7) is 7.94. The van der Waals surface area contributed by atoms with E-state index in [4.69, 9.17) is 0 Å². The maximum Gasteiger partial charge on any atom is 0.152 e. The van der Waals surface area contributed by atoms with Crippen LogP contribution in [0.5, 0.6) is 0 Å². The SMILES string of the molecule is C=C(/C=C\C(C)=O)NC[C@H]1CC[C@H](C(C)=O)CC1. The minimum atomic E-state index is 0.0277. The number of rotatable bonds is 6. The molecule has 0 unspecified atom stereocenters. The van der Waals surface area contributed by atoms with Crippen LogP contribution < -0.4 is 5.32 Å². The number of hydrogen-bond acceptors (Lipinski definition) is 3. The van der Waals surface area contributed by atoms with Gasteiger partial charge in [0, 0.05) is 18.2 Å². The molecule has 1 rings (SSSR count). The summed E-state index contributed by atoms with van der Waals surface area (Å²) in [4.78, 5) is 22.0. The van der Waals surface area contributed by atoms with E-state index < -0.39 is 0 Å². The maximum absolute atomic E-state index is 11.2. The molecule has 0 aromatic rings. The van der Waals surface area contributed by atoms with Crippen molar-refractivity contribution >= 4 is 11.6 Å². The van der Waals surface area contributed by atoms with Crippen LogP contribution in [0.25, 0.3) is 0 Å². The lowest BCUT2D eigenvalue weighted by molar-refractivity contribution is -0.121. The van der Waals surface area contributed by atoms with Crippen LogP contribution in [0.4, 0.5) is 0 Å². The minimum absolute atomic E-state index is 0.0277. The van der Waals surface area contributed by atoms with Crippen molar-refractivity contribution in [2.75, 3.05) is 6.54 Å². The Hall–Kier alpha value is -1.38. The summed E-state index contributed by atoms with van der Waals surface area (Å²) in [6, 6.07) is 0. The van der Waals surface area contributed by atoms with Crippen molar-refractivity contribution in [3.63, 3.8) is 0 Å². The lowest BCUT2D eigenvalue weighted by atomic mass is 9.80. The third-order valence-corrected chi connectivity index (χ3v) is 3.56. The van der Waals surface area contributed by atoms with Gasteiger partial charge < -0.3 is 5.32 Å². The lowest BCUT2D eigenvalue weighted by Gasteiger charge is -2.27. The first-order valence-electron chi connectivity index (χ1n) is 6.61.